The molecule has 3 rings (SSSR count). The van der Waals surface area contributed by atoms with E-state index in [9.17, 15) is 13.6 Å². The number of halogens is 2. The Hall–Kier alpha value is -2.77. The Morgan fingerprint density at radius 2 is 1.88 bits per heavy atom. The number of piperidine rings is 1. The first kappa shape index (κ1) is 17.1. The maximum absolute atomic E-state index is 13.8. The summed E-state index contributed by atoms with van der Waals surface area (Å²) in [5.41, 5.74) is -0.541. The SMILES string of the molecule is COc1nccnc1OC1CCCN(C(=O)c2c(F)cccc2F)C1. The first-order chi connectivity index (χ1) is 12.1. The lowest BCUT2D eigenvalue weighted by Gasteiger charge is -2.32. The smallest absolute Gasteiger partial charge is 0.278 e. The van der Waals surface area contributed by atoms with Gasteiger partial charge in [-0.05, 0) is 25.0 Å². The molecule has 0 bridgehead atoms. The minimum absolute atomic E-state index is 0.201. The molecule has 1 fully saturated rings. The van der Waals surface area contributed by atoms with E-state index in [4.69, 9.17) is 9.47 Å². The van der Waals surface area contributed by atoms with Crippen LogP contribution in [0.15, 0.2) is 30.6 Å². The summed E-state index contributed by atoms with van der Waals surface area (Å²) in [7, 11) is 1.45. The molecule has 0 aliphatic carbocycles. The average Bonchev–Trinajstić information content (AvgIpc) is 2.62. The van der Waals surface area contributed by atoms with Gasteiger partial charge < -0.3 is 14.4 Å². The van der Waals surface area contributed by atoms with Crippen molar-refractivity contribution in [1.82, 2.24) is 14.9 Å². The molecule has 0 radical (unpaired) electrons. The van der Waals surface area contributed by atoms with Crippen molar-refractivity contribution in [2.24, 2.45) is 0 Å². The van der Waals surface area contributed by atoms with Gasteiger partial charge in [0.1, 0.15) is 23.3 Å². The molecule has 1 saturated heterocycles. The van der Waals surface area contributed by atoms with E-state index in [0.29, 0.717) is 19.4 Å². The summed E-state index contributed by atoms with van der Waals surface area (Å²) in [6.45, 7) is 0.608. The molecule has 1 unspecified atom stereocenters. The van der Waals surface area contributed by atoms with Gasteiger partial charge in [-0.3, -0.25) is 4.79 Å². The van der Waals surface area contributed by atoms with Gasteiger partial charge in [-0.2, -0.15) is 0 Å². The summed E-state index contributed by atoms with van der Waals surface area (Å²) in [5, 5.41) is 0. The second-order valence-corrected chi connectivity index (χ2v) is 5.60. The first-order valence-electron chi connectivity index (χ1n) is 7.85. The van der Waals surface area contributed by atoms with Gasteiger partial charge in [-0.25, -0.2) is 18.7 Å². The van der Waals surface area contributed by atoms with Gasteiger partial charge in [0.2, 0.25) is 0 Å². The number of likely N-dealkylation sites (tertiary alicyclic amines) is 1. The lowest BCUT2D eigenvalue weighted by Crippen LogP contribution is -2.45. The number of ether oxygens (including phenoxy) is 2. The van der Waals surface area contributed by atoms with Gasteiger partial charge in [0.25, 0.3) is 17.7 Å². The van der Waals surface area contributed by atoms with Crippen molar-refractivity contribution >= 4 is 5.91 Å². The monoisotopic (exact) mass is 349 g/mol. The normalized spacial score (nSPS) is 17.2. The lowest BCUT2D eigenvalue weighted by molar-refractivity contribution is 0.0511. The molecular weight excluding hydrogens is 332 g/mol. The van der Waals surface area contributed by atoms with E-state index in [1.54, 1.807) is 0 Å². The highest BCUT2D eigenvalue weighted by atomic mass is 19.1. The summed E-state index contributed by atoms with van der Waals surface area (Å²) >= 11 is 0. The predicted octanol–water partition coefficient (Wildman–Crippen LogP) is 2.45. The second kappa shape index (κ2) is 7.42. The van der Waals surface area contributed by atoms with Crippen LogP contribution in [0, 0.1) is 11.6 Å². The molecule has 0 spiro atoms. The van der Waals surface area contributed by atoms with E-state index >= 15 is 0 Å². The molecule has 0 saturated carbocycles. The topological polar surface area (TPSA) is 64.6 Å². The van der Waals surface area contributed by atoms with Crippen molar-refractivity contribution in [1.29, 1.82) is 0 Å². The minimum atomic E-state index is -0.872. The van der Waals surface area contributed by atoms with Crippen molar-refractivity contribution < 1.29 is 23.0 Å². The average molecular weight is 349 g/mol. The Balaban J connectivity index is 1.74. The fraction of sp³-hybridized carbons (Fsp3) is 0.353. The van der Waals surface area contributed by atoms with Crippen LogP contribution in [0.1, 0.15) is 23.2 Å². The largest absolute Gasteiger partial charge is 0.477 e. The van der Waals surface area contributed by atoms with Crippen LogP contribution in [0.4, 0.5) is 8.78 Å². The third-order valence-electron chi connectivity index (χ3n) is 3.95. The van der Waals surface area contributed by atoms with E-state index in [-0.39, 0.29) is 24.4 Å². The van der Waals surface area contributed by atoms with Crippen molar-refractivity contribution in [3.63, 3.8) is 0 Å². The number of aromatic nitrogens is 2. The number of hydrogen-bond donors (Lipinski definition) is 0. The summed E-state index contributed by atoms with van der Waals surface area (Å²) in [5.74, 6) is -1.96. The predicted molar refractivity (Wildman–Crippen MR) is 84.5 cm³/mol. The lowest BCUT2D eigenvalue weighted by atomic mass is 10.1. The third kappa shape index (κ3) is 3.67. The summed E-state index contributed by atoms with van der Waals surface area (Å²) in [6.07, 6.45) is 3.91. The van der Waals surface area contributed by atoms with Gasteiger partial charge in [-0.15, -0.1) is 0 Å². The fourth-order valence-electron chi connectivity index (χ4n) is 2.77. The number of carbonyl (C=O) groups excluding carboxylic acids is 1. The highest BCUT2D eigenvalue weighted by molar-refractivity contribution is 5.94. The molecule has 8 heteroatoms. The van der Waals surface area contributed by atoms with Gasteiger partial charge in [-0.1, -0.05) is 6.07 Å². The third-order valence-corrected chi connectivity index (χ3v) is 3.95. The molecule has 1 aliphatic heterocycles. The van der Waals surface area contributed by atoms with Gasteiger partial charge >= 0.3 is 0 Å². The second-order valence-electron chi connectivity index (χ2n) is 5.60. The van der Waals surface area contributed by atoms with Crippen LogP contribution in [0.2, 0.25) is 0 Å². The maximum Gasteiger partial charge on any atom is 0.278 e. The Labute approximate surface area is 143 Å². The van der Waals surface area contributed by atoms with Crippen LogP contribution in [-0.2, 0) is 0 Å². The number of carbonyl (C=O) groups is 1. The van der Waals surface area contributed by atoms with Gasteiger partial charge in [0.15, 0.2) is 0 Å². The molecular formula is C17H17F2N3O3. The molecule has 1 aromatic carbocycles. The van der Waals surface area contributed by atoms with Crippen molar-refractivity contribution in [2.45, 2.75) is 18.9 Å². The molecule has 2 aromatic rings. The highest BCUT2D eigenvalue weighted by Gasteiger charge is 2.29. The quantitative estimate of drug-likeness (QED) is 0.848. The summed E-state index contributed by atoms with van der Waals surface area (Å²) < 4.78 is 38.5. The van der Waals surface area contributed by atoms with E-state index in [2.05, 4.69) is 9.97 Å². The van der Waals surface area contributed by atoms with Crippen LogP contribution >= 0.6 is 0 Å². The molecule has 1 aromatic heterocycles. The highest BCUT2D eigenvalue weighted by Crippen LogP contribution is 2.25. The number of methoxy groups -OCH3 is 1. The maximum atomic E-state index is 13.8. The Morgan fingerprint density at radius 1 is 1.20 bits per heavy atom. The van der Waals surface area contributed by atoms with Crippen LogP contribution in [0.5, 0.6) is 11.8 Å². The zero-order valence-corrected chi connectivity index (χ0v) is 13.6. The van der Waals surface area contributed by atoms with Gasteiger partial charge in [0.05, 0.1) is 13.7 Å². The van der Waals surface area contributed by atoms with Crippen molar-refractivity contribution in [3.05, 3.63) is 47.8 Å². The van der Waals surface area contributed by atoms with E-state index in [0.717, 1.165) is 12.1 Å². The van der Waals surface area contributed by atoms with Crippen molar-refractivity contribution in [3.8, 4) is 11.8 Å². The molecule has 25 heavy (non-hydrogen) atoms. The van der Waals surface area contributed by atoms with Gasteiger partial charge in [0, 0.05) is 18.9 Å². The zero-order chi connectivity index (χ0) is 17.8. The number of hydrogen-bond acceptors (Lipinski definition) is 5. The number of rotatable bonds is 4. The van der Waals surface area contributed by atoms with Crippen LogP contribution in [0.3, 0.4) is 0 Å². The molecule has 132 valence electrons. The number of amides is 1. The summed E-state index contributed by atoms with van der Waals surface area (Å²) in [4.78, 5) is 22.0. The van der Waals surface area contributed by atoms with E-state index < -0.39 is 23.1 Å². The number of benzene rings is 1. The van der Waals surface area contributed by atoms with Crippen LogP contribution in [-0.4, -0.2) is 47.1 Å². The molecule has 6 nitrogen and oxygen atoms in total. The molecule has 0 N–H and O–H groups in total. The first-order valence-corrected chi connectivity index (χ1v) is 7.85. The summed E-state index contributed by atoms with van der Waals surface area (Å²) in [6, 6.07) is 3.36. The van der Waals surface area contributed by atoms with E-state index in [1.807, 2.05) is 0 Å². The van der Waals surface area contributed by atoms with Crippen LogP contribution in [0.25, 0.3) is 0 Å². The minimum Gasteiger partial charge on any atom is -0.477 e. The molecule has 1 atom stereocenters. The van der Waals surface area contributed by atoms with Crippen LogP contribution < -0.4 is 9.47 Å². The Morgan fingerprint density at radius 3 is 2.56 bits per heavy atom. The molecule has 2 heterocycles. The molecule has 1 amide bonds. The van der Waals surface area contributed by atoms with Crippen molar-refractivity contribution in [2.75, 3.05) is 20.2 Å². The number of nitrogens with zero attached hydrogens (tertiary/aromatic N) is 3. The Kier molecular flexibility index (Phi) is 5.06. The fourth-order valence-corrected chi connectivity index (χ4v) is 2.77. The zero-order valence-electron chi connectivity index (χ0n) is 13.6. The standard InChI is InChI=1S/C17H17F2N3O3/c1-24-15-16(21-8-7-20-15)25-11-4-3-9-22(10-11)17(23)14-12(18)5-2-6-13(14)19/h2,5-8,11H,3-4,9-10H2,1H3. The van der Waals surface area contributed by atoms with E-state index in [1.165, 1.54) is 30.5 Å². The Bertz CT molecular complexity index is 752. The molecule has 1 aliphatic rings.